The van der Waals surface area contributed by atoms with E-state index in [0.717, 1.165) is 66.7 Å². The summed E-state index contributed by atoms with van der Waals surface area (Å²) >= 11 is 1.40. The van der Waals surface area contributed by atoms with Crippen molar-refractivity contribution in [1.82, 2.24) is 10.2 Å². The molecular weight excluding hydrogens is 456 g/mol. The Morgan fingerprint density at radius 2 is 2.03 bits per heavy atom. The summed E-state index contributed by atoms with van der Waals surface area (Å²) in [5, 5.41) is 15.6. The molecule has 2 heterocycles. The quantitative estimate of drug-likeness (QED) is 0.373. The fourth-order valence-electron chi connectivity index (χ4n) is 5.22. The highest BCUT2D eigenvalue weighted by Gasteiger charge is 2.55. The zero-order chi connectivity index (χ0) is 24.5. The van der Waals surface area contributed by atoms with Gasteiger partial charge in [-0.2, -0.15) is 5.26 Å². The van der Waals surface area contributed by atoms with Crippen molar-refractivity contribution in [3.05, 3.63) is 16.0 Å². The van der Waals surface area contributed by atoms with Gasteiger partial charge in [-0.3, -0.25) is 19.3 Å². The summed E-state index contributed by atoms with van der Waals surface area (Å²) in [5.41, 5.74) is 0.540. The van der Waals surface area contributed by atoms with Crippen molar-refractivity contribution >= 4 is 40.2 Å². The number of hydrogen-bond donors (Lipinski definition) is 2. The largest absolute Gasteiger partial charge is 0.451 e. The fraction of sp³-hybridized carbons (Fsp3) is 0.625. The number of aryl methyl sites for hydroxylation is 1. The summed E-state index contributed by atoms with van der Waals surface area (Å²) in [7, 11) is 0. The van der Waals surface area contributed by atoms with E-state index in [1.807, 2.05) is 6.92 Å². The van der Waals surface area contributed by atoms with Crippen LogP contribution in [-0.4, -0.2) is 46.9 Å². The average Bonchev–Trinajstić information content (AvgIpc) is 3.11. The van der Waals surface area contributed by atoms with Crippen LogP contribution in [0.3, 0.4) is 0 Å². The van der Waals surface area contributed by atoms with Gasteiger partial charge in [0.2, 0.25) is 0 Å². The predicted octanol–water partition coefficient (Wildman–Crippen LogP) is 3.26. The molecule has 3 aliphatic rings. The van der Waals surface area contributed by atoms with Crippen molar-refractivity contribution in [1.29, 1.82) is 5.26 Å². The molecule has 2 aliphatic carbocycles. The lowest BCUT2D eigenvalue weighted by Gasteiger charge is -2.36. The summed E-state index contributed by atoms with van der Waals surface area (Å²) in [5.74, 6) is -1.82. The van der Waals surface area contributed by atoms with Crippen LogP contribution >= 0.6 is 11.3 Å². The third-order valence-corrected chi connectivity index (χ3v) is 8.44. The Labute approximate surface area is 202 Å². The minimum Gasteiger partial charge on any atom is -0.451 e. The van der Waals surface area contributed by atoms with Gasteiger partial charge in [-0.25, -0.2) is 4.79 Å². The maximum atomic E-state index is 13.0. The molecule has 9 nitrogen and oxygen atoms in total. The van der Waals surface area contributed by atoms with Crippen LogP contribution in [0.5, 0.6) is 0 Å². The third-order valence-electron chi connectivity index (χ3n) is 7.24. The first-order chi connectivity index (χ1) is 16.3. The van der Waals surface area contributed by atoms with Crippen LogP contribution in [0.2, 0.25) is 0 Å². The molecule has 1 spiro atoms. The summed E-state index contributed by atoms with van der Waals surface area (Å²) < 4.78 is 5.24. The van der Waals surface area contributed by atoms with Gasteiger partial charge in [-0.15, -0.1) is 11.3 Å². The highest BCUT2D eigenvalue weighted by Crippen LogP contribution is 2.39. The van der Waals surface area contributed by atoms with E-state index in [0.29, 0.717) is 17.0 Å². The second-order valence-corrected chi connectivity index (χ2v) is 10.5. The number of hydrogen-bond acceptors (Lipinski definition) is 7. The molecule has 3 unspecified atom stereocenters. The third kappa shape index (κ3) is 4.41. The number of rotatable bonds is 5. The summed E-state index contributed by atoms with van der Waals surface area (Å²) in [6, 6.07) is 1.60. The van der Waals surface area contributed by atoms with E-state index in [1.54, 1.807) is 0 Å². The molecule has 4 amide bonds. The molecule has 3 atom stereocenters. The highest BCUT2D eigenvalue weighted by atomic mass is 32.1. The number of anilines is 1. The van der Waals surface area contributed by atoms with Gasteiger partial charge in [0, 0.05) is 4.88 Å². The van der Waals surface area contributed by atoms with Crippen molar-refractivity contribution in [2.45, 2.75) is 83.3 Å². The number of urea groups is 1. The van der Waals surface area contributed by atoms with Crippen molar-refractivity contribution in [3.63, 3.8) is 0 Å². The van der Waals surface area contributed by atoms with Crippen LogP contribution in [0.1, 0.15) is 74.8 Å². The van der Waals surface area contributed by atoms with Gasteiger partial charge in [0.25, 0.3) is 11.8 Å². The lowest BCUT2D eigenvalue weighted by molar-refractivity contribution is -0.155. The van der Waals surface area contributed by atoms with Crippen LogP contribution in [0, 0.1) is 17.2 Å². The number of nitriles is 1. The van der Waals surface area contributed by atoms with E-state index < -0.39 is 42.0 Å². The molecule has 1 aromatic heterocycles. The van der Waals surface area contributed by atoms with Crippen molar-refractivity contribution < 1.29 is 23.9 Å². The van der Waals surface area contributed by atoms with Gasteiger partial charge in [-0.05, 0) is 56.9 Å². The Balaban J connectivity index is 1.37. The van der Waals surface area contributed by atoms with Crippen LogP contribution in [0.25, 0.3) is 0 Å². The molecule has 0 aromatic carbocycles. The highest BCUT2D eigenvalue weighted by molar-refractivity contribution is 7.16. The summed E-state index contributed by atoms with van der Waals surface area (Å²) in [4.78, 5) is 52.7. The second-order valence-electron chi connectivity index (χ2n) is 9.44. The number of imide groups is 1. The van der Waals surface area contributed by atoms with Gasteiger partial charge >= 0.3 is 12.0 Å². The smallest absolute Gasteiger partial charge is 0.327 e. The molecule has 2 fully saturated rings. The van der Waals surface area contributed by atoms with Crippen LogP contribution in [0.15, 0.2) is 0 Å². The van der Waals surface area contributed by atoms with Crippen molar-refractivity contribution in [2.75, 3.05) is 11.9 Å². The minimum atomic E-state index is -1.15. The number of thiophene rings is 1. The SMILES string of the molecule is CC(OC(=O)CN1C(=O)NC2(CCCCC2C)C1=O)C(=O)Nc1sc2c(c1C#N)CCCCC2. The fourth-order valence-corrected chi connectivity index (χ4v) is 6.46. The number of ether oxygens (including phenoxy) is 1. The van der Waals surface area contributed by atoms with Gasteiger partial charge in [-0.1, -0.05) is 26.2 Å². The predicted molar refractivity (Wildman–Crippen MR) is 125 cm³/mol. The number of fused-ring (bicyclic) bond motifs is 1. The van der Waals surface area contributed by atoms with E-state index in [9.17, 15) is 24.4 Å². The van der Waals surface area contributed by atoms with Gasteiger partial charge in [0.15, 0.2) is 6.10 Å². The topological polar surface area (TPSA) is 129 Å². The van der Waals surface area contributed by atoms with Gasteiger partial charge < -0.3 is 15.4 Å². The Morgan fingerprint density at radius 3 is 2.76 bits per heavy atom. The average molecular weight is 487 g/mol. The first-order valence-electron chi connectivity index (χ1n) is 12.0. The normalized spacial score (nSPS) is 25.2. The lowest BCUT2D eigenvalue weighted by atomic mass is 9.73. The Bertz CT molecular complexity index is 1060. The number of esters is 1. The van der Waals surface area contributed by atoms with E-state index in [2.05, 4.69) is 16.7 Å². The molecule has 1 aromatic rings. The molecule has 34 heavy (non-hydrogen) atoms. The molecule has 1 saturated heterocycles. The number of nitrogens with one attached hydrogen (secondary N) is 2. The number of nitrogens with zero attached hydrogens (tertiary/aromatic N) is 2. The Morgan fingerprint density at radius 1 is 1.26 bits per heavy atom. The molecule has 2 N–H and O–H groups in total. The maximum Gasteiger partial charge on any atom is 0.327 e. The van der Waals surface area contributed by atoms with Crippen molar-refractivity contribution in [3.8, 4) is 6.07 Å². The minimum absolute atomic E-state index is 0.0151. The zero-order valence-corrected chi connectivity index (χ0v) is 20.4. The molecule has 4 rings (SSSR count). The van der Waals surface area contributed by atoms with Crippen molar-refractivity contribution in [2.24, 2.45) is 5.92 Å². The standard InChI is InChI=1S/C24H30N4O5S/c1-14-8-6-7-11-24(14)22(31)28(23(32)27-24)13-19(29)33-15(2)20(30)26-21-17(12-25)16-9-4-3-5-10-18(16)34-21/h14-15H,3-11,13H2,1-2H3,(H,26,30)(H,27,32). The molecule has 1 aliphatic heterocycles. The molecular formula is C24H30N4O5S. The molecule has 0 radical (unpaired) electrons. The molecule has 182 valence electrons. The van der Waals surface area contributed by atoms with E-state index in [4.69, 9.17) is 4.74 Å². The molecule has 1 saturated carbocycles. The van der Waals surface area contributed by atoms with Crippen LogP contribution in [0.4, 0.5) is 9.80 Å². The summed E-state index contributed by atoms with van der Waals surface area (Å²) in [6.07, 6.45) is 6.98. The number of amides is 4. The van der Waals surface area contributed by atoms with E-state index in [1.165, 1.54) is 18.3 Å². The Kier molecular flexibility index (Phi) is 6.94. The first-order valence-corrected chi connectivity index (χ1v) is 12.8. The maximum absolute atomic E-state index is 13.0. The van der Waals surface area contributed by atoms with E-state index in [-0.39, 0.29) is 5.92 Å². The molecule has 0 bridgehead atoms. The van der Waals surface area contributed by atoms with Crippen LogP contribution in [-0.2, 0) is 32.0 Å². The number of carbonyl (C=O) groups excluding carboxylic acids is 4. The monoisotopic (exact) mass is 486 g/mol. The zero-order valence-electron chi connectivity index (χ0n) is 19.6. The lowest BCUT2D eigenvalue weighted by Crippen LogP contribution is -2.54. The number of carbonyl (C=O) groups is 4. The Hall–Kier alpha value is -2.93. The molecule has 10 heteroatoms. The van der Waals surface area contributed by atoms with E-state index >= 15 is 0 Å². The first kappa shape index (κ1) is 24.2. The second kappa shape index (κ2) is 9.74. The summed E-state index contributed by atoms with van der Waals surface area (Å²) in [6.45, 7) is 2.81. The van der Waals surface area contributed by atoms with Crippen LogP contribution < -0.4 is 10.6 Å². The van der Waals surface area contributed by atoms with Gasteiger partial charge in [0.05, 0.1) is 5.56 Å². The van der Waals surface area contributed by atoms with Gasteiger partial charge in [0.1, 0.15) is 23.2 Å².